The summed E-state index contributed by atoms with van der Waals surface area (Å²) in [4.78, 5) is 25.7. The number of nitrogens with one attached hydrogen (secondary N) is 2. The van der Waals surface area contributed by atoms with E-state index in [0.29, 0.717) is 24.2 Å². The van der Waals surface area contributed by atoms with Gasteiger partial charge in [-0.05, 0) is 47.7 Å². The summed E-state index contributed by atoms with van der Waals surface area (Å²) in [6.07, 6.45) is 2.24. The molecule has 140 valence electrons. The third kappa shape index (κ3) is 3.70. The Morgan fingerprint density at radius 1 is 1.19 bits per heavy atom. The fourth-order valence-electron chi connectivity index (χ4n) is 3.50. The van der Waals surface area contributed by atoms with Crippen LogP contribution < -0.4 is 10.6 Å². The Hall–Kier alpha value is -2.37. The van der Waals surface area contributed by atoms with Crippen LogP contribution in [0.3, 0.4) is 0 Å². The van der Waals surface area contributed by atoms with Crippen LogP contribution in [0.5, 0.6) is 0 Å². The molecule has 2 amide bonds. The van der Waals surface area contributed by atoms with Crippen molar-refractivity contribution in [3.63, 3.8) is 0 Å². The van der Waals surface area contributed by atoms with E-state index in [9.17, 15) is 9.59 Å². The normalized spacial score (nSPS) is 15.8. The van der Waals surface area contributed by atoms with Crippen molar-refractivity contribution in [3.8, 4) is 11.1 Å². The first-order chi connectivity index (χ1) is 13.1. The van der Waals surface area contributed by atoms with Gasteiger partial charge in [-0.15, -0.1) is 0 Å². The van der Waals surface area contributed by atoms with Crippen LogP contribution in [0, 0.1) is 0 Å². The summed E-state index contributed by atoms with van der Waals surface area (Å²) in [5.41, 5.74) is 4.89. The number of carbonyl (C=O) groups excluding carboxylic acids is 2. The molecule has 0 spiro atoms. The molecule has 4 rings (SSSR count). The summed E-state index contributed by atoms with van der Waals surface area (Å²) in [5.74, 6) is 0.105. The van der Waals surface area contributed by atoms with Crippen molar-refractivity contribution in [1.82, 2.24) is 15.5 Å². The van der Waals surface area contributed by atoms with Crippen molar-refractivity contribution >= 4 is 23.4 Å². The Bertz CT molecular complexity index is 908. The van der Waals surface area contributed by atoms with Gasteiger partial charge in [0.15, 0.2) is 0 Å². The van der Waals surface area contributed by atoms with E-state index in [0.717, 1.165) is 40.7 Å². The van der Waals surface area contributed by atoms with E-state index in [-0.39, 0.29) is 18.4 Å². The smallest absolute Gasteiger partial charge is 0.254 e. The highest BCUT2D eigenvalue weighted by Crippen LogP contribution is 2.37. The molecule has 0 saturated heterocycles. The number of halogens is 1. The lowest BCUT2D eigenvalue weighted by atomic mass is 9.99. The maximum absolute atomic E-state index is 12.5. The van der Waals surface area contributed by atoms with Gasteiger partial charge in [0, 0.05) is 42.3 Å². The molecule has 2 N–H and O–H groups in total. The van der Waals surface area contributed by atoms with Crippen molar-refractivity contribution < 1.29 is 9.59 Å². The molecule has 1 fully saturated rings. The van der Waals surface area contributed by atoms with Crippen molar-refractivity contribution in [1.29, 1.82) is 0 Å². The molecular formula is C21H22ClN3O2. The number of likely N-dealkylation sites (N-methyl/N-ethyl adjacent to an activating group) is 1. The average molecular weight is 384 g/mol. The second kappa shape index (κ2) is 7.33. The molecule has 0 bridgehead atoms. The van der Waals surface area contributed by atoms with Gasteiger partial charge in [0.1, 0.15) is 0 Å². The van der Waals surface area contributed by atoms with Gasteiger partial charge in [-0.25, -0.2) is 0 Å². The van der Waals surface area contributed by atoms with Gasteiger partial charge in [-0.3, -0.25) is 9.59 Å². The predicted octanol–water partition coefficient (Wildman–Crippen LogP) is 2.96. The molecule has 2 aliphatic rings. The van der Waals surface area contributed by atoms with Crippen molar-refractivity contribution in [2.24, 2.45) is 0 Å². The van der Waals surface area contributed by atoms with Crippen molar-refractivity contribution in [2.75, 3.05) is 13.6 Å². The summed E-state index contributed by atoms with van der Waals surface area (Å²) in [6.45, 7) is 1.54. The second-order valence-electron chi connectivity index (χ2n) is 7.13. The standard InChI is InChI=1S/C21H22ClN3O2/c1-23-20(26)11-24-10-13-2-6-17(19(22)8-13)14-3-7-18-15(9-14)12-25(21(18)27)16-4-5-16/h2-3,6-9,16,24H,4-5,10-12H2,1H3,(H,23,26). The fraction of sp³-hybridized carbons (Fsp3) is 0.333. The molecule has 1 aliphatic heterocycles. The highest BCUT2D eigenvalue weighted by molar-refractivity contribution is 6.33. The maximum atomic E-state index is 12.5. The van der Waals surface area contributed by atoms with E-state index in [1.807, 2.05) is 35.2 Å². The molecular weight excluding hydrogens is 362 g/mol. The minimum absolute atomic E-state index is 0.0503. The first-order valence-electron chi connectivity index (χ1n) is 9.21. The Kier molecular flexibility index (Phi) is 4.89. The van der Waals surface area contributed by atoms with Gasteiger partial charge in [0.05, 0.1) is 6.54 Å². The predicted molar refractivity (Wildman–Crippen MR) is 106 cm³/mol. The lowest BCUT2D eigenvalue weighted by molar-refractivity contribution is -0.119. The highest BCUT2D eigenvalue weighted by Gasteiger charge is 2.38. The minimum atomic E-state index is -0.0503. The molecule has 0 atom stereocenters. The minimum Gasteiger partial charge on any atom is -0.358 e. The van der Waals surface area contributed by atoms with Crippen LogP contribution in [-0.2, 0) is 17.9 Å². The van der Waals surface area contributed by atoms with E-state index < -0.39 is 0 Å². The van der Waals surface area contributed by atoms with Gasteiger partial charge in [0.2, 0.25) is 5.91 Å². The second-order valence-corrected chi connectivity index (χ2v) is 7.53. The van der Waals surface area contributed by atoms with E-state index in [4.69, 9.17) is 11.6 Å². The molecule has 5 nitrogen and oxygen atoms in total. The average Bonchev–Trinajstić information content (AvgIpc) is 3.45. The van der Waals surface area contributed by atoms with Crippen LogP contribution in [0.25, 0.3) is 11.1 Å². The fourth-order valence-corrected chi connectivity index (χ4v) is 3.82. The largest absolute Gasteiger partial charge is 0.358 e. The van der Waals surface area contributed by atoms with Gasteiger partial charge < -0.3 is 15.5 Å². The Morgan fingerprint density at radius 2 is 1.96 bits per heavy atom. The van der Waals surface area contributed by atoms with Crippen LogP contribution in [-0.4, -0.2) is 36.3 Å². The Morgan fingerprint density at radius 3 is 2.67 bits per heavy atom. The Balaban J connectivity index is 1.50. The molecule has 2 aromatic rings. The van der Waals surface area contributed by atoms with E-state index in [1.54, 1.807) is 7.05 Å². The summed E-state index contributed by atoms with van der Waals surface area (Å²) in [6, 6.07) is 12.3. The van der Waals surface area contributed by atoms with Gasteiger partial charge in [-0.2, -0.15) is 0 Å². The molecule has 0 aromatic heterocycles. The molecule has 1 saturated carbocycles. The van der Waals surface area contributed by atoms with Crippen LogP contribution in [0.15, 0.2) is 36.4 Å². The highest BCUT2D eigenvalue weighted by atomic mass is 35.5. The van der Waals surface area contributed by atoms with Crippen LogP contribution >= 0.6 is 11.6 Å². The Labute approximate surface area is 163 Å². The van der Waals surface area contributed by atoms with Gasteiger partial charge >= 0.3 is 0 Å². The molecule has 6 heteroatoms. The number of hydrogen-bond donors (Lipinski definition) is 2. The molecule has 0 radical (unpaired) electrons. The molecule has 1 aliphatic carbocycles. The van der Waals surface area contributed by atoms with Gasteiger partial charge in [-0.1, -0.05) is 29.8 Å². The number of rotatable bonds is 6. The number of fused-ring (bicyclic) bond motifs is 1. The first kappa shape index (κ1) is 18.0. The van der Waals surface area contributed by atoms with E-state index >= 15 is 0 Å². The van der Waals surface area contributed by atoms with E-state index in [2.05, 4.69) is 16.7 Å². The third-order valence-electron chi connectivity index (χ3n) is 5.16. The molecule has 2 aromatic carbocycles. The number of carbonyl (C=O) groups is 2. The van der Waals surface area contributed by atoms with Gasteiger partial charge in [0.25, 0.3) is 5.91 Å². The number of hydrogen-bond acceptors (Lipinski definition) is 3. The number of benzene rings is 2. The SMILES string of the molecule is CNC(=O)CNCc1ccc(-c2ccc3c(c2)CN(C2CC2)C3=O)c(Cl)c1. The summed E-state index contributed by atoms with van der Waals surface area (Å²) >= 11 is 6.52. The molecule has 27 heavy (non-hydrogen) atoms. The zero-order valence-corrected chi connectivity index (χ0v) is 16.0. The zero-order chi connectivity index (χ0) is 19.0. The molecule has 1 heterocycles. The lowest BCUT2D eigenvalue weighted by Crippen LogP contribution is -2.30. The number of amides is 2. The topological polar surface area (TPSA) is 61.4 Å². The summed E-state index contributed by atoms with van der Waals surface area (Å²) in [7, 11) is 1.61. The van der Waals surface area contributed by atoms with Crippen molar-refractivity contribution in [3.05, 3.63) is 58.1 Å². The first-order valence-corrected chi connectivity index (χ1v) is 9.58. The quantitative estimate of drug-likeness (QED) is 0.806. The monoisotopic (exact) mass is 383 g/mol. The summed E-state index contributed by atoms with van der Waals surface area (Å²) < 4.78 is 0. The third-order valence-corrected chi connectivity index (χ3v) is 5.48. The lowest BCUT2D eigenvalue weighted by Gasteiger charge is -2.13. The molecule has 0 unspecified atom stereocenters. The zero-order valence-electron chi connectivity index (χ0n) is 15.2. The maximum Gasteiger partial charge on any atom is 0.254 e. The van der Waals surface area contributed by atoms with Crippen molar-refractivity contribution in [2.45, 2.75) is 32.0 Å². The van der Waals surface area contributed by atoms with Crippen LogP contribution in [0.1, 0.15) is 34.3 Å². The van der Waals surface area contributed by atoms with Crippen LogP contribution in [0.4, 0.5) is 0 Å². The van der Waals surface area contributed by atoms with E-state index in [1.165, 1.54) is 0 Å². The number of nitrogens with zero attached hydrogens (tertiary/aromatic N) is 1. The van der Waals surface area contributed by atoms with Crippen LogP contribution in [0.2, 0.25) is 5.02 Å². The summed E-state index contributed by atoms with van der Waals surface area (Å²) in [5, 5.41) is 6.33.